The van der Waals surface area contributed by atoms with Crippen LogP contribution in [0.25, 0.3) is 0 Å². The summed E-state index contributed by atoms with van der Waals surface area (Å²) in [6.45, 7) is 5.22. The van der Waals surface area contributed by atoms with Crippen LogP contribution in [0.5, 0.6) is 0 Å². The van der Waals surface area contributed by atoms with Gasteiger partial charge in [-0.15, -0.1) is 0 Å². The molecule has 0 N–H and O–H groups in total. The summed E-state index contributed by atoms with van der Waals surface area (Å²) < 4.78 is 5.86. The van der Waals surface area contributed by atoms with Gasteiger partial charge in [-0.1, -0.05) is 25.5 Å². The Morgan fingerprint density at radius 1 is 1.04 bits per heavy atom. The van der Waals surface area contributed by atoms with E-state index in [-0.39, 0.29) is 0 Å². The maximum Gasteiger partial charge on any atom is 0.107 e. The highest BCUT2D eigenvalue weighted by molar-refractivity contribution is 5.25. The number of hydrogen-bond acceptors (Lipinski definition) is 1. The quantitative estimate of drug-likeness (QED) is 0.523. The van der Waals surface area contributed by atoms with Crippen LogP contribution in [0.1, 0.15) is 83.3 Å². The van der Waals surface area contributed by atoms with E-state index in [4.69, 9.17) is 4.42 Å². The van der Waals surface area contributed by atoms with Crippen LogP contribution in [-0.2, 0) is 0 Å². The fourth-order valence-electron chi connectivity index (χ4n) is 7.71. The van der Waals surface area contributed by atoms with Crippen molar-refractivity contribution in [1.29, 1.82) is 0 Å². The lowest BCUT2D eigenvalue weighted by Gasteiger charge is -2.58. The lowest BCUT2D eigenvalue weighted by atomic mass is 9.47. The molecule has 4 aliphatic rings. The van der Waals surface area contributed by atoms with Gasteiger partial charge in [0.05, 0.1) is 6.26 Å². The van der Waals surface area contributed by atoms with Crippen molar-refractivity contribution >= 4 is 0 Å². The smallest absolute Gasteiger partial charge is 0.107 e. The molecule has 24 heavy (non-hydrogen) atoms. The summed E-state index contributed by atoms with van der Waals surface area (Å²) in [7, 11) is 0. The van der Waals surface area contributed by atoms with Crippen LogP contribution in [0, 0.1) is 28.6 Å². The molecule has 0 aromatic carbocycles. The summed E-state index contributed by atoms with van der Waals surface area (Å²) in [6.07, 6.45) is 17.2. The Balaban J connectivity index is 1.48. The van der Waals surface area contributed by atoms with E-state index in [0.29, 0.717) is 16.7 Å². The molecule has 4 aliphatic carbocycles. The molecule has 0 bridgehead atoms. The summed E-state index contributed by atoms with van der Waals surface area (Å²) in [5.41, 5.74) is 2.84. The van der Waals surface area contributed by atoms with Crippen LogP contribution < -0.4 is 0 Å². The number of hydrogen-bond donors (Lipinski definition) is 0. The third kappa shape index (κ3) is 1.93. The molecule has 0 aliphatic heterocycles. The summed E-state index contributed by atoms with van der Waals surface area (Å²) in [5, 5.41) is 0. The summed E-state index contributed by atoms with van der Waals surface area (Å²) in [5.74, 6) is 4.76. The van der Waals surface area contributed by atoms with E-state index in [2.05, 4.69) is 32.1 Å². The van der Waals surface area contributed by atoms with Gasteiger partial charge in [0.2, 0.25) is 0 Å². The minimum Gasteiger partial charge on any atom is -0.469 e. The van der Waals surface area contributed by atoms with E-state index in [1.807, 2.05) is 11.8 Å². The van der Waals surface area contributed by atoms with Crippen LogP contribution >= 0.6 is 0 Å². The van der Waals surface area contributed by atoms with Crippen molar-refractivity contribution in [3.05, 3.63) is 35.8 Å². The standard InChI is InChI=1S/C23H32O/c1-22-13-4-3-6-16(22)8-9-17-18-10-11-20(21-7-5-15-24-21)23(18,2)14-12-19(17)22/h5-7,15,17-20H,3-4,8-14H2,1-2H3/t17-,18-,19-,20+,22-,23-/m0/s1. The van der Waals surface area contributed by atoms with E-state index in [1.165, 1.54) is 63.5 Å². The van der Waals surface area contributed by atoms with Crippen LogP contribution in [0.3, 0.4) is 0 Å². The van der Waals surface area contributed by atoms with Gasteiger partial charge in [0.15, 0.2) is 0 Å². The van der Waals surface area contributed by atoms with E-state index >= 15 is 0 Å². The highest BCUT2D eigenvalue weighted by atomic mass is 16.3. The van der Waals surface area contributed by atoms with Gasteiger partial charge >= 0.3 is 0 Å². The Morgan fingerprint density at radius 3 is 2.79 bits per heavy atom. The second-order valence-corrected chi connectivity index (χ2v) is 9.64. The van der Waals surface area contributed by atoms with Crippen LogP contribution in [0.2, 0.25) is 0 Å². The van der Waals surface area contributed by atoms with Crippen molar-refractivity contribution < 1.29 is 4.42 Å². The normalized spacial score (nSPS) is 47.5. The zero-order valence-electron chi connectivity index (χ0n) is 15.4. The number of allylic oxidation sites excluding steroid dienone is 2. The Hall–Kier alpha value is -0.980. The largest absolute Gasteiger partial charge is 0.469 e. The molecule has 1 heteroatoms. The Labute approximate surface area is 146 Å². The first-order chi connectivity index (χ1) is 11.6. The Bertz CT molecular complexity index is 641. The minimum atomic E-state index is 0.477. The first kappa shape index (κ1) is 15.3. The van der Waals surface area contributed by atoms with Crippen molar-refractivity contribution in [3.8, 4) is 0 Å². The molecule has 0 spiro atoms. The maximum absolute atomic E-state index is 5.86. The summed E-state index contributed by atoms with van der Waals surface area (Å²) >= 11 is 0. The molecule has 0 saturated heterocycles. The molecule has 0 radical (unpaired) electrons. The fraction of sp³-hybridized carbons (Fsp3) is 0.739. The first-order valence-corrected chi connectivity index (χ1v) is 10.4. The summed E-state index contributed by atoms with van der Waals surface area (Å²) in [4.78, 5) is 0. The van der Waals surface area contributed by atoms with Gasteiger partial charge in [0.1, 0.15) is 5.76 Å². The average Bonchev–Trinajstić information content (AvgIpc) is 3.20. The van der Waals surface area contributed by atoms with Gasteiger partial charge in [-0.3, -0.25) is 0 Å². The van der Waals surface area contributed by atoms with Gasteiger partial charge in [-0.2, -0.15) is 0 Å². The highest BCUT2D eigenvalue weighted by Crippen LogP contribution is 2.68. The lowest BCUT2D eigenvalue weighted by Crippen LogP contribution is -2.49. The molecule has 0 unspecified atom stereocenters. The fourth-order valence-corrected chi connectivity index (χ4v) is 7.71. The third-order valence-electron chi connectivity index (χ3n) is 8.91. The molecule has 5 rings (SSSR count). The van der Waals surface area contributed by atoms with E-state index in [1.54, 1.807) is 0 Å². The number of furan rings is 1. The molecular weight excluding hydrogens is 292 g/mol. The van der Waals surface area contributed by atoms with E-state index < -0.39 is 0 Å². The molecule has 6 atom stereocenters. The Kier molecular flexibility index (Phi) is 3.35. The maximum atomic E-state index is 5.86. The molecule has 130 valence electrons. The van der Waals surface area contributed by atoms with Gasteiger partial charge in [0, 0.05) is 5.92 Å². The van der Waals surface area contributed by atoms with Crippen molar-refractivity contribution in [1.82, 2.24) is 0 Å². The van der Waals surface area contributed by atoms with Crippen LogP contribution in [0.15, 0.2) is 34.5 Å². The zero-order valence-corrected chi connectivity index (χ0v) is 15.4. The second-order valence-electron chi connectivity index (χ2n) is 9.64. The summed E-state index contributed by atoms with van der Waals surface area (Å²) in [6, 6.07) is 4.31. The van der Waals surface area contributed by atoms with Crippen LogP contribution in [-0.4, -0.2) is 0 Å². The molecular formula is C23H32O. The van der Waals surface area contributed by atoms with Gasteiger partial charge in [-0.25, -0.2) is 0 Å². The predicted molar refractivity (Wildman–Crippen MR) is 97.8 cm³/mol. The third-order valence-corrected chi connectivity index (χ3v) is 8.91. The molecule has 1 heterocycles. The number of rotatable bonds is 1. The van der Waals surface area contributed by atoms with Crippen LogP contribution in [0.4, 0.5) is 0 Å². The Morgan fingerprint density at radius 2 is 1.96 bits per heavy atom. The predicted octanol–water partition coefficient (Wildman–Crippen LogP) is 6.72. The lowest BCUT2D eigenvalue weighted by molar-refractivity contribution is -0.0432. The first-order valence-electron chi connectivity index (χ1n) is 10.4. The molecule has 1 aromatic rings. The molecule has 1 nitrogen and oxygen atoms in total. The average molecular weight is 325 g/mol. The van der Waals surface area contributed by atoms with Gasteiger partial charge in [-0.05, 0) is 98.5 Å². The monoisotopic (exact) mass is 324 g/mol. The molecule has 1 aromatic heterocycles. The van der Waals surface area contributed by atoms with E-state index in [9.17, 15) is 0 Å². The minimum absolute atomic E-state index is 0.477. The second kappa shape index (κ2) is 5.26. The zero-order chi connectivity index (χ0) is 16.4. The molecule has 3 fully saturated rings. The SMILES string of the molecule is C[C@]12CC[C@H]3[C@@H](CCC4=CCCC[C@@]43C)[C@@H]1CC[C@@H]2c1ccco1. The number of fused-ring (bicyclic) bond motifs is 5. The van der Waals surface area contributed by atoms with Crippen molar-refractivity contribution in [2.75, 3.05) is 0 Å². The van der Waals surface area contributed by atoms with Crippen molar-refractivity contribution in [2.24, 2.45) is 28.6 Å². The topological polar surface area (TPSA) is 13.1 Å². The molecule has 3 saturated carbocycles. The van der Waals surface area contributed by atoms with Gasteiger partial charge < -0.3 is 4.42 Å². The van der Waals surface area contributed by atoms with E-state index in [0.717, 1.165) is 17.8 Å². The molecule has 0 amide bonds. The highest BCUT2D eigenvalue weighted by Gasteiger charge is 2.59. The van der Waals surface area contributed by atoms with Crippen molar-refractivity contribution in [2.45, 2.75) is 77.6 Å². The van der Waals surface area contributed by atoms with Gasteiger partial charge in [0.25, 0.3) is 0 Å². The van der Waals surface area contributed by atoms with Crippen molar-refractivity contribution in [3.63, 3.8) is 0 Å².